The maximum Gasteiger partial charge on any atom is 0.573 e. The van der Waals surface area contributed by atoms with E-state index >= 15 is 0 Å². The first-order valence-electron chi connectivity index (χ1n) is 10.1. The van der Waals surface area contributed by atoms with Crippen molar-refractivity contribution >= 4 is 11.8 Å². The van der Waals surface area contributed by atoms with Gasteiger partial charge in [-0.1, -0.05) is 6.42 Å². The van der Waals surface area contributed by atoms with Crippen molar-refractivity contribution in [1.82, 2.24) is 15.2 Å². The Morgan fingerprint density at radius 1 is 1.13 bits per heavy atom. The molecule has 164 valence electrons. The van der Waals surface area contributed by atoms with Crippen LogP contribution in [0.4, 0.5) is 13.2 Å². The van der Waals surface area contributed by atoms with Gasteiger partial charge in [0.2, 0.25) is 5.91 Å². The van der Waals surface area contributed by atoms with E-state index in [0.29, 0.717) is 19.6 Å². The molecule has 1 aromatic heterocycles. The molecule has 31 heavy (non-hydrogen) atoms. The molecule has 1 saturated heterocycles. The molecule has 2 amide bonds. The average molecular weight is 433 g/mol. The Kier molecular flexibility index (Phi) is 5.60. The molecular formula is C22H22F3N3O3. The molecule has 1 atom stereocenters. The first-order valence-corrected chi connectivity index (χ1v) is 10.1. The zero-order valence-corrected chi connectivity index (χ0v) is 16.7. The second-order valence-corrected chi connectivity index (χ2v) is 8.10. The number of rotatable bonds is 5. The molecule has 2 heterocycles. The summed E-state index contributed by atoms with van der Waals surface area (Å²) in [6.45, 7) is 1.16. The van der Waals surface area contributed by atoms with Crippen LogP contribution in [-0.4, -0.2) is 41.2 Å². The highest BCUT2D eigenvalue weighted by molar-refractivity contribution is 5.95. The molecule has 1 aromatic carbocycles. The summed E-state index contributed by atoms with van der Waals surface area (Å²) in [7, 11) is 0. The van der Waals surface area contributed by atoms with Gasteiger partial charge in [0.25, 0.3) is 5.91 Å². The van der Waals surface area contributed by atoms with E-state index in [1.165, 1.54) is 12.1 Å². The summed E-state index contributed by atoms with van der Waals surface area (Å²) in [5, 5.41) is 2.96. The summed E-state index contributed by atoms with van der Waals surface area (Å²) in [4.78, 5) is 31.5. The number of nitrogens with one attached hydrogen (secondary N) is 1. The Labute approximate surface area is 177 Å². The molecule has 9 heteroatoms. The van der Waals surface area contributed by atoms with Crippen molar-refractivity contribution in [3.05, 3.63) is 59.9 Å². The molecule has 0 bridgehead atoms. The fourth-order valence-electron chi connectivity index (χ4n) is 4.42. The predicted molar refractivity (Wildman–Crippen MR) is 105 cm³/mol. The van der Waals surface area contributed by atoms with E-state index in [1.54, 1.807) is 17.3 Å². The number of carbonyl (C=O) groups excluding carboxylic acids is 2. The molecule has 1 aliphatic carbocycles. The third-order valence-corrected chi connectivity index (χ3v) is 6.15. The van der Waals surface area contributed by atoms with Gasteiger partial charge in [0.05, 0.1) is 5.92 Å². The Morgan fingerprint density at radius 2 is 1.81 bits per heavy atom. The van der Waals surface area contributed by atoms with Crippen LogP contribution in [0.3, 0.4) is 0 Å². The van der Waals surface area contributed by atoms with Gasteiger partial charge < -0.3 is 15.0 Å². The van der Waals surface area contributed by atoms with E-state index in [0.717, 1.165) is 37.0 Å². The maximum atomic E-state index is 12.9. The Morgan fingerprint density at radius 3 is 2.39 bits per heavy atom. The number of likely N-dealkylation sites (tertiary alicyclic amines) is 1. The number of ether oxygens (including phenoxy) is 1. The van der Waals surface area contributed by atoms with E-state index in [9.17, 15) is 22.8 Å². The van der Waals surface area contributed by atoms with Crippen LogP contribution in [0.2, 0.25) is 0 Å². The van der Waals surface area contributed by atoms with Crippen molar-refractivity contribution in [2.24, 2.45) is 11.3 Å². The van der Waals surface area contributed by atoms with E-state index in [1.807, 2.05) is 12.1 Å². The molecule has 1 spiro atoms. The number of hydrogen-bond donors (Lipinski definition) is 1. The van der Waals surface area contributed by atoms with Crippen LogP contribution < -0.4 is 10.1 Å². The van der Waals surface area contributed by atoms with Gasteiger partial charge in [0.1, 0.15) is 5.75 Å². The van der Waals surface area contributed by atoms with E-state index in [-0.39, 0.29) is 34.5 Å². The molecule has 0 radical (unpaired) electrons. The van der Waals surface area contributed by atoms with E-state index < -0.39 is 6.36 Å². The van der Waals surface area contributed by atoms with Crippen LogP contribution in [-0.2, 0) is 11.3 Å². The highest BCUT2D eigenvalue weighted by Crippen LogP contribution is 2.52. The smallest absolute Gasteiger partial charge is 0.406 e. The van der Waals surface area contributed by atoms with Crippen LogP contribution in [0, 0.1) is 11.3 Å². The second kappa shape index (κ2) is 8.20. The van der Waals surface area contributed by atoms with Gasteiger partial charge >= 0.3 is 6.36 Å². The molecule has 1 unspecified atom stereocenters. The summed E-state index contributed by atoms with van der Waals surface area (Å²) in [6.07, 6.45) is 1.31. The molecule has 2 aliphatic rings. The highest BCUT2D eigenvalue weighted by atomic mass is 19.4. The van der Waals surface area contributed by atoms with Crippen molar-refractivity contribution in [3.8, 4) is 5.75 Å². The van der Waals surface area contributed by atoms with Crippen molar-refractivity contribution < 1.29 is 27.5 Å². The summed E-state index contributed by atoms with van der Waals surface area (Å²) in [6, 6.07) is 8.52. The van der Waals surface area contributed by atoms with Gasteiger partial charge in [-0.25, -0.2) is 0 Å². The number of nitrogens with zero attached hydrogens (tertiary/aromatic N) is 2. The quantitative estimate of drug-likeness (QED) is 0.783. The molecule has 2 aromatic rings. The Hall–Kier alpha value is -3.10. The molecule has 1 saturated carbocycles. The minimum absolute atomic E-state index is 0.0827. The van der Waals surface area contributed by atoms with Gasteiger partial charge in [-0.2, -0.15) is 0 Å². The number of benzene rings is 1. The normalized spacial score (nSPS) is 19.7. The number of halogens is 3. The minimum atomic E-state index is -4.78. The molecule has 6 nitrogen and oxygen atoms in total. The number of aromatic nitrogens is 1. The fraction of sp³-hybridized carbons (Fsp3) is 0.409. The lowest BCUT2D eigenvalue weighted by Gasteiger charge is -2.41. The SMILES string of the molecule is O=C(NCc1ccncc1)C1CN(C(=O)c2ccc(OC(F)(F)F)cc2)CC12CCC2. The zero-order chi connectivity index (χ0) is 22.1. The largest absolute Gasteiger partial charge is 0.573 e. The van der Waals surface area contributed by atoms with Crippen LogP contribution in [0.1, 0.15) is 35.2 Å². The zero-order valence-electron chi connectivity index (χ0n) is 16.7. The van der Waals surface area contributed by atoms with Crippen LogP contribution in [0.25, 0.3) is 0 Å². The van der Waals surface area contributed by atoms with Gasteiger partial charge in [-0.15, -0.1) is 13.2 Å². The Balaban J connectivity index is 1.42. The Bertz CT molecular complexity index is 944. The minimum Gasteiger partial charge on any atom is -0.406 e. The van der Waals surface area contributed by atoms with Crippen molar-refractivity contribution in [2.45, 2.75) is 32.2 Å². The standard InChI is InChI=1S/C22H22F3N3O3/c23-22(24,25)31-17-4-2-16(3-5-17)20(30)28-13-18(21(14-28)8-1-9-21)19(29)27-12-15-6-10-26-11-7-15/h2-7,10-11,18H,1,8-9,12-14H2,(H,27,29). The lowest BCUT2D eigenvalue weighted by Crippen LogP contribution is -2.45. The van der Waals surface area contributed by atoms with Gasteiger partial charge in [0, 0.05) is 43.0 Å². The van der Waals surface area contributed by atoms with Crippen molar-refractivity contribution in [3.63, 3.8) is 0 Å². The van der Waals surface area contributed by atoms with Crippen LogP contribution in [0.15, 0.2) is 48.8 Å². The number of alkyl halides is 3. The molecule has 1 aliphatic heterocycles. The molecule has 4 rings (SSSR count). The summed E-state index contributed by atoms with van der Waals surface area (Å²) >= 11 is 0. The van der Waals surface area contributed by atoms with Gasteiger partial charge in [-0.3, -0.25) is 14.6 Å². The topological polar surface area (TPSA) is 71.5 Å². The van der Waals surface area contributed by atoms with E-state index in [2.05, 4.69) is 15.0 Å². The lowest BCUT2D eigenvalue weighted by molar-refractivity contribution is -0.274. The van der Waals surface area contributed by atoms with Crippen LogP contribution in [0.5, 0.6) is 5.75 Å². The molecule has 2 fully saturated rings. The number of pyridine rings is 1. The van der Waals surface area contributed by atoms with E-state index in [4.69, 9.17) is 0 Å². The second-order valence-electron chi connectivity index (χ2n) is 8.10. The molecule has 1 N–H and O–H groups in total. The number of carbonyl (C=O) groups is 2. The summed E-state index contributed by atoms with van der Waals surface area (Å²) < 4.78 is 40.8. The highest BCUT2D eigenvalue weighted by Gasteiger charge is 2.54. The summed E-state index contributed by atoms with van der Waals surface area (Å²) in [5.74, 6) is -1.07. The van der Waals surface area contributed by atoms with Gasteiger partial charge in [-0.05, 0) is 54.8 Å². The third kappa shape index (κ3) is 4.65. The van der Waals surface area contributed by atoms with Crippen molar-refractivity contribution in [2.75, 3.05) is 13.1 Å². The fourth-order valence-corrected chi connectivity index (χ4v) is 4.42. The average Bonchev–Trinajstić information content (AvgIpc) is 3.13. The third-order valence-electron chi connectivity index (χ3n) is 6.15. The predicted octanol–water partition coefficient (Wildman–Crippen LogP) is 3.54. The number of amides is 2. The first-order chi connectivity index (χ1) is 14.8. The molecular weight excluding hydrogens is 411 g/mol. The van der Waals surface area contributed by atoms with Crippen molar-refractivity contribution in [1.29, 1.82) is 0 Å². The first kappa shape index (κ1) is 21.1. The van der Waals surface area contributed by atoms with Gasteiger partial charge in [0.15, 0.2) is 0 Å². The maximum absolute atomic E-state index is 12.9. The monoisotopic (exact) mass is 433 g/mol. The lowest BCUT2D eigenvalue weighted by atomic mass is 9.62. The number of hydrogen-bond acceptors (Lipinski definition) is 4. The summed E-state index contributed by atoms with van der Waals surface area (Å²) in [5.41, 5.74) is 0.983. The van der Waals surface area contributed by atoms with Crippen LogP contribution >= 0.6 is 0 Å².